The molecule has 0 unspecified atom stereocenters. The molecule has 1 aromatic carbocycles. The standard InChI is InChI=1S/C10H13ClN2O.ClH/c1-13(2)7-10(12-14)8-3-5-9(11)6-4-8;/h3-6,14H,7H2,1-2H3;1H/b12-10+;. The SMILES string of the molecule is CN(C)C/C(=N\O)c1ccc(Cl)cc1.Cl. The lowest BCUT2D eigenvalue weighted by molar-refractivity contribution is 0.315. The number of hydrogen-bond donors (Lipinski definition) is 1. The van der Waals surface area contributed by atoms with Crippen LogP contribution in [0.4, 0.5) is 0 Å². The molecule has 1 rings (SSSR count). The third kappa shape index (κ3) is 4.51. The van der Waals surface area contributed by atoms with Gasteiger partial charge in [0.05, 0.1) is 0 Å². The van der Waals surface area contributed by atoms with E-state index >= 15 is 0 Å². The summed E-state index contributed by atoms with van der Waals surface area (Å²) < 4.78 is 0. The quantitative estimate of drug-likeness (QED) is 0.507. The van der Waals surface area contributed by atoms with E-state index in [0.29, 0.717) is 17.3 Å². The number of nitrogens with zero attached hydrogens (tertiary/aromatic N) is 2. The van der Waals surface area contributed by atoms with Crippen molar-refractivity contribution in [2.75, 3.05) is 20.6 Å². The van der Waals surface area contributed by atoms with Gasteiger partial charge in [-0.05, 0) is 26.2 Å². The summed E-state index contributed by atoms with van der Waals surface area (Å²) in [5.74, 6) is 0. The second-order valence-electron chi connectivity index (χ2n) is 3.29. The fourth-order valence-electron chi connectivity index (χ4n) is 1.12. The molecule has 0 aromatic heterocycles. The Kier molecular flexibility index (Phi) is 6.32. The molecule has 0 heterocycles. The van der Waals surface area contributed by atoms with E-state index in [9.17, 15) is 0 Å². The first-order valence-electron chi connectivity index (χ1n) is 4.25. The number of oxime groups is 1. The largest absolute Gasteiger partial charge is 0.411 e. The molecular weight excluding hydrogens is 235 g/mol. The van der Waals surface area contributed by atoms with Crippen LogP contribution in [-0.4, -0.2) is 36.5 Å². The first kappa shape index (κ1) is 14.2. The molecule has 84 valence electrons. The van der Waals surface area contributed by atoms with E-state index in [1.165, 1.54) is 0 Å². The average molecular weight is 249 g/mol. The van der Waals surface area contributed by atoms with Crippen LogP contribution in [0.3, 0.4) is 0 Å². The van der Waals surface area contributed by atoms with Gasteiger partial charge in [-0.15, -0.1) is 12.4 Å². The van der Waals surface area contributed by atoms with Gasteiger partial charge in [0.15, 0.2) is 0 Å². The highest BCUT2D eigenvalue weighted by Crippen LogP contribution is 2.10. The van der Waals surface area contributed by atoms with Crippen LogP contribution in [0.15, 0.2) is 29.4 Å². The van der Waals surface area contributed by atoms with E-state index in [2.05, 4.69) is 5.16 Å². The number of hydrogen-bond acceptors (Lipinski definition) is 3. The fourth-order valence-corrected chi connectivity index (χ4v) is 1.25. The van der Waals surface area contributed by atoms with Gasteiger partial charge in [0.2, 0.25) is 0 Å². The van der Waals surface area contributed by atoms with Crippen molar-refractivity contribution in [3.8, 4) is 0 Å². The highest BCUT2D eigenvalue weighted by molar-refractivity contribution is 6.30. The molecule has 0 saturated heterocycles. The molecule has 0 aliphatic heterocycles. The summed E-state index contributed by atoms with van der Waals surface area (Å²) in [6.07, 6.45) is 0. The molecule has 0 saturated carbocycles. The molecule has 0 amide bonds. The maximum absolute atomic E-state index is 8.83. The van der Waals surface area contributed by atoms with Gasteiger partial charge in [-0.3, -0.25) is 0 Å². The third-order valence-corrected chi connectivity index (χ3v) is 2.02. The Morgan fingerprint density at radius 2 is 1.87 bits per heavy atom. The molecule has 1 N–H and O–H groups in total. The van der Waals surface area contributed by atoms with Gasteiger partial charge in [-0.25, -0.2) is 0 Å². The maximum Gasteiger partial charge on any atom is 0.101 e. The molecule has 3 nitrogen and oxygen atoms in total. The van der Waals surface area contributed by atoms with Crippen molar-refractivity contribution in [2.24, 2.45) is 5.16 Å². The summed E-state index contributed by atoms with van der Waals surface area (Å²) in [7, 11) is 3.84. The van der Waals surface area contributed by atoms with E-state index in [0.717, 1.165) is 5.56 Å². The fraction of sp³-hybridized carbons (Fsp3) is 0.300. The van der Waals surface area contributed by atoms with Crippen molar-refractivity contribution < 1.29 is 5.21 Å². The Bertz CT molecular complexity index is 323. The lowest BCUT2D eigenvalue weighted by Crippen LogP contribution is -2.22. The van der Waals surface area contributed by atoms with Crippen molar-refractivity contribution in [3.05, 3.63) is 34.9 Å². The van der Waals surface area contributed by atoms with Crippen molar-refractivity contribution in [3.63, 3.8) is 0 Å². The van der Waals surface area contributed by atoms with Gasteiger partial charge in [-0.2, -0.15) is 0 Å². The van der Waals surface area contributed by atoms with E-state index in [1.807, 2.05) is 31.1 Å². The Hall–Kier alpha value is -0.770. The predicted molar refractivity (Wildman–Crippen MR) is 65.6 cm³/mol. The zero-order valence-electron chi connectivity index (χ0n) is 8.64. The average Bonchev–Trinajstić information content (AvgIpc) is 2.15. The molecule has 0 radical (unpaired) electrons. The summed E-state index contributed by atoms with van der Waals surface area (Å²) in [5, 5.41) is 12.8. The molecule has 1 aromatic rings. The smallest absolute Gasteiger partial charge is 0.101 e. The van der Waals surface area contributed by atoms with Crippen LogP contribution < -0.4 is 0 Å². The molecule has 0 bridgehead atoms. The minimum absolute atomic E-state index is 0. The lowest BCUT2D eigenvalue weighted by atomic mass is 10.1. The Morgan fingerprint density at radius 1 is 1.33 bits per heavy atom. The first-order valence-corrected chi connectivity index (χ1v) is 4.63. The van der Waals surface area contributed by atoms with Crippen LogP contribution >= 0.6 is 24.0 Å². The van der Waals surface area contributed by atoms with E-state index in [4.69, 9.17) is 16.8 Å². The minimum Gasteiger partial charge on any atom is -0.411 e. The van der Waals surface area contributed by atoms with Gasteiger partial charge < -0.3 is 10.1 Å². The molecule has 0 aliphatic carbocycles. The summed E-state index contributed by atoms with van der Waals surface area (Å²) in [5.41, 5.74) is 1.51. The molecule has 5 heteroatoms. The topological polar surface area (TPSA) is 35.8 Å². The monoisotopic (exact) mass is 248 g/mol. The number of benzene rings is 1. The number of halogens is 2. The van der Waals surface area contributed by atoms with Crippen LogP contribution in [0.1, 0.15) is 5.56 Å². The molecule has 15 heavy (non-hydrogen) atoms. The molecular formula is C10H14Cl2N2O. The highest BCUT2D eigenvalue weighted by atomic mass is 35.5. The van der Waals surface area contributed by atoms with Crippen molar-refractivity contribution in [2.45, 2.75) is 0 Å². The van der Waals surface area contributed by atoms with Gasteiger partial charge >= 0.3 is 0 Å². The number of likely N-dealkylation sites (N-methyl/N-ethyl adjacent to an activating group) is 1. The predicted octanol–water partition coefficient (Wildman–Crippen LogP) is 2.50. The van der Waals surface area contributed by atoms with Crippen LogP contribution in [0.5, 0.6) is 0 Å². The molecule has 0 aliphatic rings. The molecule has 0 spiro atoms. The maximum atomic E-state index is 8.83. The van der Waals surface area contributed by atoms with Crippen molar-refractivity contribution in [1.82, 2.24) is 4.90 Å². The Balaban J connectivity index is 0.00000196. The van der Waals surface area contributed by atoms with Crippen LogP contribution in [0, 0.1) is 0 Å². The number of rotatable bonds is 3. The lowest BCUT2D eigenvalue weighted by Gasteiger charge is -2.10. The van der Waals surface area contributed by atoms with E-state index in [1.54, 1.807) is 12.1 Å². The van der Waals surface area contributed by atoms with E-state index in [-0.39, 0.29) is 12.4 Å². The van der Waals surface area contributed by atoms with Crippen LogP contribution in [0.25, 0.3) is 0 Å². The summed E-state index contributed by atoms with van der Waals surface area (Å²) in [4.78, 5) is 1.93. The van der Waals surface area contributed by atoms with Gasteiger partial charge in [0.25, 0.3) is 0 Å². The second-order valence-corrected chi connectivity index (χ2v) is 3.73. The van der Waals surface area contributed by atoms with Gasteiger partial charge in [0, 0.05) is 17.1 Å². The first-order chi connectivity index (χ1) is 6.63. The Labute approximate surface area is 101 Å². The zero-order valence-corrected chi connectivity index (χ0v) is 10.2. The van der Waals surface area contributed by atoms with Crippen molar-refractivity contribution in [1.29, 1.82) is 0 Å². The summed E-state index contributed by atoms with van der Waals surface area (Å²) in [6, 6.07) is 7.22. The molecule has 0 fully saturated rings. The van der Waals surface area contributed by atoms with Crippen LogP contribution in [0.2, 0.25) is 5.02 Å². The normalized spacial score (nSPS) is 11.3. The summed E-state index contributed by atoms with van der Waals surface area (Å²) >= 11 is 5.75. The molecule has 0 atom stereocenters. The Morgan fingerprint density at radius 3 is 2.27 bits per heavy atom. The van der Waals surface area contributed by atoms with Crippen molar-refractivity contribution >= 4 is 29.7 Å². The second kappa shape index (κ2) is 6.67. The third-order valence-electron chi connectivity index (χ3n) is 1.76. The van der Waals surface area contributed by atoms with E-state index < -0.39 is 0 Å². The van der Waals surface area contributed by atoms with Crippen LogP contribution in [-0.2, 0) is 0 Å². The summed E-state index contributed by atoms with van der Waals surface area (Å²) in [6.45, 7) is 0.595. The minimum atomic E-state index is 0. The highest BCUT2D eigenvalue weighted by Gasteiger charge is 2.05. The van der Waals surface area contributed by atoms with Gasteiger partial charge in [0.1, 0.15) is 5.71 Å². The zero-order chi connectivity index (χ0) is 10.6. The van der Waals surface area contributed by atoms with Gasteiger partial charge in [-0.1, -0.05) is 28.9 Å².